The topological polar surface area (TPSA) is 48.8 Å². The first kappa shape index (κ1) is 18.7. The molecule has 0 aromatic rings. The molecular weight excluding hydrogens is 332 g/mol. The van der Waals surface area contributed by atoms with Gasteiger partial charge in [0.1, 0.15) is 0 Å². The van der Waals surface area contributed by atoms with Gasteiger partial charge in [0.05, 0.1) is 12.4 Å². The van der Waals surface area contributed by atoms with Crippen LogP contribution in [-0.2, 0) is 0 Å². The predicted molar refractivity (Wildman–Crippen MR) is 114 cm³/mol. The van der Waals surface area contributed by atoms with E-state index >= 15 is 0 Å². The fraction of sp³-hybridized carbons (Fsp3) is 0.652. The first-order valence-electron chi connectivity index (χ1n) is 10.8. The molecule has 3 aliphatic carbocycles. The zero-order valence-electron chi connectivity index (χ0n) is 16.6. The zero-order chi connectivity index (χ0) is 18.7. The second kappa shape index (κ2) is 8.14. The van der Waals surface area contributed by atoms with Gasteiger partial charge in [-0.25, -0.2) is 0 Å². The van der Waals surface area contributed by atoms with Crippen LogP contribution >= 0.6 is 0 Å². The molecule has 0 radical (unpaired) electrons. The Bertz CT molecular complexity index is 672. The molecule has 3 fully saturated rings. The van der Waals surface area contributed by atoms with Gasteiger partial charge in [-0.3, -0.25) is 15.3 Å². The summed E-state index contributed by atoms with van der Waals surface area (Å²) in [4.78, 5) is 9.19. The van der Waals surface area contributed by atoms with Gasteiger partial charge in [-0.1, -0.05) is 45.1 Å². The van der Waals surface area contributed by atoms with E-state index in [-0.39, 0.29) is 5.41 Å². The Morgan fingerprint density at radius 2 is 1.89 bits per heavy atom. The molecule has 4 heteroatoms. The van der Waals surface area contributed by atoms with Crippen molar-refractivity contribution >= 4 is 12.4 Å². The number of allylic oxidation sites excluding steroid dienone is 3. The van der Waals surface area contributed by atoms with Crippen LogP contribution in [0.1, 0.15) is 64.2 Å². The average molecular weight is 367 g/mol. The van der Waals surface area contributed by atoms with Crippen LogP contribution in [0.15, 0.2) is 45.7 Å². The first-order valence-corrected chi connectivity index (χ1v) is 10.8. The molecule has 0 bridgehead atoms. The Morgan fingerprint density at radius 1 is 1.15 bits per heavy atom. The van der Waals surface area contributed by atoms with Crippen LogP contribution in [0.5, 0.6) is 0 Å². The smallest absolute Gasteiger partial charge is 0.0890 e. The predicted octanol–water partition coefficient (Wildman–Crippen LogP) is 4.52. The van der Waals surface area contributed by atoms with Gasteiger partial charge in [-0.2, -0.15) is 0 Å². The van der Waals surface area contributed by atoms with Crippen LogP contribution < -0.4 is 10.6 Å². The number of hydrogen-bond donors (Lipinski definition) is 2. The Labute approximate surface area is 164 Å². The summed E-state index contributed by atoms with van der Waals surface area (Å²) in [5.74, 6) is 0.368. The van der Waals surface area contributed by atoms with Gasteiger partial charge in [-0.15, -0.1) is 0 Å². The number of aliphatic imine (C=N–C) groups is 2. The van der Waals surface area contributed by atoms with Crippen LogP contribution in [0.25, 0.3) is 0 Å². The molecule has 1 atom stereocenters. The Morgan fingerprint density at radius 3 is 2.63 bits per heavy atom. The van der Waals surface area contributed by atoms with Crippen LogP contribution in [0.2, 0.25) is 0 Å². The fourth-order valence-corrected chi connectivity index (χ4v) is 5.68. The third-order valence-electron chi connectivity index (χ3n) is 7.12. The van der Waals surface area contributed by atoms with Crippen molar-refractivity contribution in [2.45, 2.75) is 70.3 Å². The summed E-state index contributed by atoms with van der Waals surface area (Å²) in [5, 5.41) is 7.29. The number of rotatable bonds is 4. The molecule has 1 spiro atoms. The van der Waals surface area contributed by atoms with Gasteiger partial charge in [0.15, 0.2) is 0 Å². The Balaban J connectivity index is 1.60. The van der Waals surface area contributed by atoms with Crippen molar-refractivity contribution in [1.82, 2.24) is 10.6 Å². The summed E-state index contributed by atoms with van der Waals surface area (Å²) in [5.41, 5.74) is 5.02. The minimum Gasteiger partial charge on any atom is -0.385 e. The highest BCUT2D eigenvalue weighted by Crippen LogP contribution is 2.52. The van der Waals surface area contributed by atoms with Crippen molar-refractivity contribution in [2.24, 2.45) is 21.3 Å². The lowest BCUT2D eigenvalue weighted by atomic mass is 9.61. The molecule has 0 aromatic carbocycles. The average Bonchev–Trinajstić information content (AvgIpc) is 3.07. The van der Waals surface area contributed by atoms with E-state index in [9.17, 15) is 0 Å². The minimum atomic E-state index is 0.283. The molecule has 2 N–H and O–H groups in total. The molecule has 2 saturated carbocycles. The maximum Gasteiger partial charge on any atom is 0.0890 e. The molecule has 0 aromatic heterocycles. The minimum absolute atomic E-state index is 0.283. The summed E-state index contributed by atoms with van der Waals surface area (Å²) >= 11 is 0. The first-order chi connectivity index (χ1) is 13.2. The van der Waals surface area contributed by atoms with E-state index in [0.29, 0.717) is 18.6 Å². The summed E-state index contributed by atoms with van der Waals surface area (Å²) in [6.07, 6.45) is 17.4. The van der Waals surface area contributed by atoms with E-state index in [1.165, 1.54) is 75.5 Å². The van der Waals surface area contributed by atoms with E-state index in [0.717, 1.165) is 17.8 Å². The molecular formula is C23H34N4. The zero-order valence-corrected chi connectivity index (χ0v) is 16.6. The molecule has 1 aliphatic heterocycles. The van der Waals surface area contributed by atoms with Crippen molar-refractivity contribution in [1.29, 1.82) is 0 Å². The van der Waals surface area contributed by atoms with E-state index in [2.05, 4.69) is 35.0 Å². The summed E-state index contributed by atoms with van der Waals surface area (Å²) in [6, 6.07) is 0.633. The second-order valence-corrected chi connectivity index (χ2v) is 8.80. The van der Waals surface area contributed by atoms with E-state index in [1.54, 1.807) is 0 Å². The lowest BCUT2D eigenvalue weighted by Crippen LogP contribution is -2.49. The number of fused-ring (bicyclic) bond motifs is 2. The molecule has 0 amide bonds. The lowest BCUT2D eigenvalue weighted by molar-refractivity contribution is 0.143. The number of nitrogens with zero attached hydrogens (tertiary/aromatic N) is 2. The van der Waals surface area contributed by atoms with Crippen molar-refractivity contribution in [3.05, 3.63) is 35.7 Å². The molecule has 1 unspecified atom stereocenters. The summed E-state index contributed by atoms with van der Waals surface area (Å²) < 4.78 is 0. The maximum absolute atomic E-state index is 5.11. The van der Waals surface area contributed by atoms with Gasteiger partial charge in [0.25, 0.3) is 0 Å². The number of nitrogens with one attached hydrogen (secondary N) is 2. The quantitative estimate of drug-likeness (QED) is 0.719. The molecule has 4 aliphatic rings. The van der Waals surface area contributed by atoms with Gasteiger partial charge in [-0.05, 0) is 44.0 Å². The van der Waals surface area contributed by atoms with E-state index in [4.69, 9.17) is 4.99 Å². The van der Waals surface area contributed by atoms with Crippen LogP contribution in [0.4, 0.5) is 0 Å². The van der Waals surface area contributed by atoms with Crippen molar-refractivity contribution in [3.63, 3.8) is 0 Å². The summed E-state index contributed by atoms with van der Waals surface area (Å²) in [6.45, 7) is 9.72. The van der Waals surface area contributed by atoms with Crippen LogP contribution in [0.3, 0.4) is 0 Å². The van der Waals surface area contributed by atoms with Crippen LogP contribution in [0, 0.1) is 11.3 Å². The van der Waals surface area contributed by atoms with Crippen molar-refractivity contribution < 1.29 is 0 Å². The SMILES string of the molecule is C=N/C=C1/C=C2C(=C)NCC3(CCCCC3)C2/C1=N/CNC1CCCCC1. The number of piperidine rings is 1. The van der Waals surface area contributed by atoms with E-state index in [1.807, 2.05) is 6.20 Å². The van der Waals surface area contributed by atoms with Crippen molar-refractivity contribution in [2.75, 3.05) is 13.2 Å². The van der Waals surface area contributed by atoms with Crippen molar-refractivity contribution in [3.8, 4) is 0 Å². The van der Waals surface area contributed by atoms with Gasteiger partial charge < -0.3 is 5.32 Å². The van der Waals surface area contributed by atoms with Gasteiger partial charge in [0, 0.05) is 41.4 Å². The Hall–Kier alpha value is -1.68. The molecule has 4 rings (SSSR count). The number of hydrogen-bond acceptors (Lipinski definition) is 4. The molecule has 27 heavy (non-hydrogen) atoms. The monoisotopic (exact) mass is 366 g/mol. The second-order valence-electron chi connectivity index (χ2n) is 8.80. The standard InChI is InChI=1S/C23H34N4/c1-17-20-13-18(14-24-2)22(27-16-26-19-9-5-3-6-10-19)21(20)23(15-25-17)11-7-4-8-12-23/h13-14,19,21,25-26H,1-12,15-16H2/b18-14-,27-22+. The normalized spacial score (nSPS) is 31.0. The lowest BCUT2D eigenvalue weighted by Gasteiger charge is -2.47. The van der Waals surface area contributed by atoms with Gasteiger partial charge >= 0.3 is 0 Å². The summed E-state index contributed by atoms with van der Waals surface area (Å²) in [7, 11) is 0. The molecule has 4 nitrogen and oxygen atoms in total. The van der Waals surface area contributed by atoms with Crippen LogP contribution in [-0.4, -0.2) is 31.7 Å². The Kier molecular flexibility index (Phi) is 5.63. The maximum atomic E-state index is 5.11. The molecule has 146 valence electrons. The highest BCUT2D eigenvalue weighted by molar-refractivity contribution is 6.10. The fourth-order valence-electron chi connectivity index (χ4n) is 5.68. The highest BCUT2D eigenvalue weighted by atomic mass is 15.0. The third kappa shape index (κ3) is 3.69. The van der Waals surface area contributed by atoms with Gasteiger partial charge in [0.2, 0.25) is 0 Å². The van der Waals surface area contributed by atoms with E-state index < -0.39 is 0 Å². The third-order valence-corrected chi connectivity index (χ3v) is 7.12. The largest absolute Gasteiger partial charge is 0.385 e. The molecule has 1 heterocycles. The molecule has 1 saturated heterocycles. The highest BCUT2D eigenvalue weighted by Gasteiger charge is 2.50.